The summed E-state index contributed by atoms with van der Waals surface area (Å²) in [6.45, 7) is 7.76. The zero-order chi connectivity index (χ0) is 19.2. The van der Waals surface area contributed by atoms with Crippen molar-refractivity contribution in [1.29, 1.82) is 0 Å². The van der Waals surface area contributed by atoms with E-state index >= 15 is 0 Å². The third-order valence-electron chi connectivity index (χ3n) is 4.72. The maximum Gasteiger partial charge on any atom is 0.317 e. The van der Waals surface area contributed by atoms with E-state index < -0.39 is 0 Å². The summed E-state index contributed by atoms with van der Waals surface area (Å²) in [5, 5.41) is 2.98. The number of urea groups is 1. The molecule has 6 nitrogen and oxygen atoms in total. The smallest absolute Gasteiger partial charge is 0.317 e. The first kappa shape index (κ1) is 19.9. The molecule has 146 valence electrons. The average Bonchev–Trinajstić information content (AvgIpc) is 3.10. The van der Waals surface area contributed by atoms with Gasteiger partial charge in [-0.1, -0.05) is 17.7 Å². The number of halogens is 1. The minimum absolute atomic E-state index is 0.0785. The SMILES string of the molecule is CCN(Cc1ccc(Cl)s1)C(=O)NCc1ccc(N2CCN(C)CC2)nc1. The first-order chi connectivity index (χ1) is 13.0. The predicted octanol–water partition coefficient (Wildman–Crippen LogP) is 3.28. The summed E-state index contributed by atoms with van der Waals surface area (Å²) < 4.78 is 0.743. The molecule has 1 saturated heterocycles. The molecule has 0 bridgehead atoms. The summed E-state index contributed by atoms with van der Waals surface area (Å²) in [5.74, 6) is 1.00. The van der Waals surface area contributed by atoms with Crippen molar-refractivity contribution in [3.63, 3.8) is 0 Å². The van der Waals surface area contributed by atoms with E-state index in [1.165, 1.54) is 11.3 Å². The number of likely N-dealkylation sites (N-methyl/N-ethyl adjacent to an activating group) is 1. The number of hydrogen-bond acceptors (Lipinski definition) is 5. The Hall–Kier alpha value is -1.83. The second kappa shape index (κ2) is 9.39. The van der Waals surface area contributed by atoms with Gasteiger partial charge in [-0.15, -0.1) is 11.3 Å². The molecule has 0 saturated carbocycles. The molecule has 0 atom stereocenters. The lowest BCUT2D eigenvalue weighted by Gasteiger charge is -2.33. The van der Waals surface area contributed by atoms with Crippen molar-refractivity contribution in [3.8, 4) is 0 Å². The summed E-state index contributed by atoms with van der Waals surface area (Å²) in [4.78, 5) is 24.5. The molecule has 0 spiro atoms. The third-order valence-corrected chi connectivity index (χ3v) is 5.94. The highest BCUT2D eigenvalue weighted by molar-refractivity contribution is 7.16. The van der Waals surface area contributed by atoms with Crippen molar-refractivity contribution in [2.24, 2.45) is 0 Å². The zero-order valence-electron chi connectivity index (χ0n) is 15.8. The molecule has 8 heteroatoms. The molecule has 1 N–H and O–H groups in total. The summed E-state index contributed by atoms with van der Waals surface area (Å²) in [6.07, 6.45) is 1.85. The number of rotatable bonds is 6. The predicted molar refractivity (Wildman–Crippen MR) is 112 cm³/mol. The topological polar surface area (TPSA) is 51.7 Å². The van der Waals surface area contributed by atoms with Gasteiger partial charge in [0.25, 0.3) is 0 Å². The fourth-order valence-electron chi connectivity index (χ4n) is 2.99. The Bertz CT molecular complexity index is 743. The van der Waals surface area contributed by atoms with Crippen molar-refractivity contribution in [3.05, 3.63) is 45.2 Å². The van der Waals surface area contributed by atoms with Crippen LogP contribution in [0, 0.1) is 0 Å². The second-order valence-electron chi connectivity index (χ2n) is 6.69. The number of hydrogen-bond donors (Lipinski definition) is 1. The highest BCUT2D eigenvalue weighted by atomic mass is 35.5. The van der Waals surface area contributed by atoms with Gasteiger partial charge >= 0.3 is 6.03 Å². The van der Waals surface area contributed by atoms with Crippen molar-refractivity contribution in [1.82, 2.24) is 20.1 Å². The summed E-state index contributed by atoms with van der Waals surface area (Å²) >= 11 is 7.48. The molecule has 1 fully saturated rings. The van der Waals surface area contributed by atoms with Crippen LogP contribution < -0.4 is 10.2 Å². The summed E-state index contributed by atoms with van der Waals surface area (Å²) in [6, 6.07) is 7.82. The molecule has 27 heavy (non-hydrogen) atoms. The molecule has 0 aromatic carbocycles. The van der Waals surface area contributed by atoms with Gasteiger partial charge in [0, 0.05) is 50.3 Å². The second-order valence-corrected chi connectivity index (χ2v) is 8.49. The molecular weight excluding hydrogens is 382 g/mol. The number of pyridine rings is 1. The summed E-state index contributed by atoms with van der Waals surface area (Å²) in [7, 11) is 2.14. The lowest BCUT2D eigenvalue weighted by Crippen LogP contribution is -2.44. The standard InChI is InChI=1S/C19H26ClN5OS/c1-3-24(14-16-5-6-17(20)27-16)19(26)22-13-15-4-7-18(21-12-15)25-10-8-23(2)9-11-25/h4-7,12H,3,8-11,13-14H2,1-2H3,(H,22,26). The van der Waals surface area contributed by atoms with Gasteiger partial charge in [-0.2, -0.15) is 0 Å². The number of anilines is 1. The minimum Gasteiger partial charge on any atom is -0.354 e. The Labute approximate surface area is 169 Å². The molecule has 2 aromatic heterocycles. The van der Waals surface area contributed by atoms with E-state index in [1.807, 2.05) is 37.4 Å². The third kappa shape index (κ3) is 5.57. The zero-order valence-corrected chi connectivity index (χ0v) is 17.4. The Balaban J connectivity index is 1.50. The van der Waals surface area contributed by atoms with Crippen LogP contribution in [0.2, 0.25) is 4.34 Å². The molecule has 3 rings (SSSR count). The first-order valence-corrected chi connectivity index (χ1v) is 10.4. The lowest BCUT2D eigenvalue weighted by atomic mass is 10.2. The molecule has 0 aliphatic carbocycles. The van der Waals surface area contributed by atoms with Gasteiger partial charge in [-0.3, -0.25) is 0 Å². The van der Waals surface area contributed by atoms with Crippen molar-refractivity contribution < 1.29 is 4.79 Å². The van der Waals surface area contributed by atoms with E-state index in [0.29, 0.717) is 19.6 Å². The van der Waals surface area contributed by atoms with E-state index in [9.17, 15) is 4.79 Å². The maximum atomic E-state index is 12.5. The first-order valence-electron chi connectivity index (χ1n) is 9.20. The summed E-state index contributed by atoms with van der Waals surface area (Å²) in [5.41, 5.74) is 0.997. The van der Waals surface area contributed by atoms with Crippen molar-refractivity contribution in [2.45, 2.75) is 20.0 Å². The highest BCUT2D eigenvalue weighted by Crippen LogP contribution is 2.22. The van der Waals surface area contributed by atoms with Crippen LogP contribution in [0.25, 0.3) is 0 Å². The number of carbonyl (C=O) groups is 1. The van der Waals surface area contributed by atoms with Gasteiger partial charge in [0.2, 0.25) is 0 Å². The Morgan fingerprint density at radius 1 is 1.26 bits per heavy atom. The molecule has 0 radical (unpaired) electrons. The Kier molecular flexibility index (Phi) is 6.93. The number of carbonyl (C=O) groups excluding carboxylic acids is 1. The van der Waals surface area contributed by atoms with Crippen molar-refractivity contribution in [2.75, 3.05) is 44.7 Å². The van der Waals surface area contributed by atoms with Gasteiger partial charge in [0.1, 0.15) is 5.82 Å². The van der Waals surface area contributed by atoms with Crippen LogP contribution in [0.4, 0.5) is 10.6 Å². The fraction of sp³-hybridized carbons (Fsp3) is 0.474. The quantitative estimate of drug-likeness (QED) is 0.798. The monoisotopic (exact) mass is 407 g/mol. The minimum atomic E-state index is -0.0785. The molecule has 2 amide bonds. The highest BCUT2D eigenvalue weighted by Gasteiger charge is 2.16. The number of nitrogens with zero attached hydrogens (tertiary/aromatic N) is 4. The van der Waals surface area contributed by atoms with Gasteiger partial charge in [-0.25, -0.2) is 9.78 Å². The molecule has 2 aromatic rings. The van der Waals surface area contributed by atoms with Gasteiger partial charge in [-0.05, 0) is 37.7 Å². The van der Waals surface area contributed by atoms with Crippen LogP contribution in [0.5, 0.6) is 0 Å². The van der Waals surface area contributed by atoms with E-state index in [1.54, 1.807) is 4.90 Å². The Morgan fingerprint density at radius 2 is 2.04 bits per heavy atom. The van der Waals surface area contributed by atoms with E-state index in [-0.39, 0.29) is 6.03 Å². The molecule has 3 heterocycles. The number of amides is 2. The maximum absolute atomic E-state index is 12.5. The fourth-order valence-corrected chi connectivity index (χ4v) is 4.09. The van der Waals surface area contributed by atoms with E-state index in [4.69, 9.17) is 11.6 Å². The van der Waals surface area contributed by atoms with Crippen LogP contribution >= 0.6 is 22.9 Å². The van der Waals surface area contributed by atoms with Gasteiger partial charge in [0.15, 0.2) is 0 Å². The van der Waals surface area contributed by atoms with Gasteiger partial charge < -0.3 is 20.0 Å². The van der Waals surface area contributed by atoms with Crippen LogP contribution in [-0.2, 0) is 13.1 Å². The molecule has 1 aliphatic rings. The van der Waals surface area contributed by atoms with Crippen LogP contribution in [0.15, 0.2) is 30.5 Å². The number of aromatic nitrogens is 1. The van der Waals surface area contributed by atoms with Crippen molar-refractivity contribution >= 4 is 34.8 Å². The number of nitrogens with one attached hydrogen (secondary N) is 1. The molecular formula is C19H26ClN5OS. The average molecular weight is 408 g/mol. The number of thiophene rings is 1. The van der Waals surface area contributed by atoms with E-state index in [0.717, 1.165) is 46.8 Å². The van der Waals surface area contributed by atoms with Gasteiger partial charge in [0.05, 0.1) is 10.9 Å². The van der Waals surface area contributed by atoms with Crippen LogP contribution in [-0.4, -0.2) is 60.6 Å². The number of piperazine rings is 1. The normalized spacial score (nSPS) is 15.0. The largest absolute Gasteiger partial charge is 0.354 e. The van der Waals surface area contributed by atoms with E-state index in [2.05, 4.69) is 27.1 Å². The van der Waals surface area contributed by atoms with Crippen LogP contribution in [0.1, 0.15) is 17.4 Å². The Morgan fingerprint density at radius 3 is 2.63 bits per heavy atom. The lowest BCUT2D eigenvalue weighted by molar-refractivity contribution is 0.198. The van der Waals surface area contributed by atoms with Crippen LogP contribution in [0.3, 0.4) is 0 Å². The molecule has 0 unspecified atom stereocenters. The molecule has 1 aliphatic heterocycles.